The summed E-state index contributed by atoms with van der Waals surface area (Å²) in [4.78, 5) is 0. The number of rotatable bonds is 3. The monoisotopic (exact) mass is 254 g/mol. The lowest BCUT2D eigenvalue weighted by Gasteiger charge is -2.12. The molecule has 90 valence electrons. The van der Waals surface area contributed by atoms with Crippen LogP contribution in [-0.2, 0) is 6.42 Å². The predicted octanol–water partition coefficient (Wildman–Crippen LogP) is 3.72. The third-order valence-electron chi connectivity index (χ3n) is 2.65. The third kappa shape index (κ3) is 2.35. The molecule has 0 radical (unpaired) electrons. The fourth-order valence-corrected chi connectivity index (χ4v) is 1.99. The Kier molecular flexibility index (Phi) is 3.50. The number of halogens is 2. The summed E-state index contributed by atoms with van der Waals surface area (Å²) in [6.07, 6.45) is 1.20. The molecule has 0 saturated carbocycles. The Bertz CT molecular complexity index is 522. The summed E-state index contributed by atoms with van der Waals surface area (Å²) in [5, 5.41) is 10.5. The van der Waals surface area contributed by atoms with Crippen LogP contribution in [0.3, 0.4) is 0 Å². The highest BCUT2D eigenvalue weighted by molar-refractivity contribution is 6.31. The van der Waals surface area contributed by atoms with Gasteiger partial charge in [0.15, 0.2) is 0 Å². The van der Waals surface area contributed by atoms with Crippen molar-refractivity contribution in [1.82, 2.24) is 0 Å². The minimum atomic E-state index is -0.966. The number of furan rings is 1. The normalized spacial score (nSPS) is 12.7. The summed E-state index contributed by atoms with van der Waals surface area (Å²) in [6.45, 7) is 1.92. The molecule has 0 aliphatic rings. The van der Waals surface area contributed by atoms with Gasteiger partial charge in [-0.15, -0.1) is 0 Å². The van der Waals surface area contributed by atoms with Gasteiger partial charge in [0.25, 0.3) is 0 Å². The highest BCUT2D eigenvalue weighted by Gasteiger charge is 2.19. The van der Waals surface area contributed by atoms with Gasteiger partial charge >= 0.3 is 0 Å². The molecule has 0 saturated heterocycles. The Morgan fingerprint density at radius 1 is 1.35 bits per heavy atom. The zero-order chi connectivity index (χ0) is 12.4. The number of benzene rings is 1. The number of hydrogen-bond acceptors (Lipinski definition) is 2. The van der Waals surface area contributed by atoms with Crippen LogP contribution in [-0.4, -0.2) is 5.11 Å². The summed E-state index contributed by atoms with van der Waals surface area (Å²) in [7, 11) is 0. The number of aryl methyl sites for hydroxylation is 1. The summed E-state index contributed by atoms with van der Waals surface area (Å²) in [6, 6.07) is 5.60. The van der Waals surface area contributed by atoms with Gasteiger partial charge in [-0.3, -0.25) is 0 Å². The van der Waals surface area contributed by atoms with E-state index in [1.807, 2.05) is 6.92 Å². The van der Waals surface area contributed by atoms with Gasteiger partial charge in [0.05, 0.1) is 6.26 Å². The van der Waals surface area contributed by atoms with Crippen LogP contribution in [0.5, 0.6) is 0 Å². The van der Waals surface area contributed by atoms with Crippen molar-refractivity contribution in [3.05, 3.63) is 58.3 Å². The Morgan fingerprint density at radius 2 is 2.12 bits per heavy atom. The molecule has 1 N–H and O–H groups in total. The van der Waals surface area contributed by atoms with Gasteiger partial charge in [-0.05, 0) is 24.3 Å². The average molecular weight is 255 g/mol. The highest BCUT2D eigenvalue weighted by Crippen LogP contribution is 2.31. The van der Waals surface area contributed by atoms with E-state index in [2.05, 4.69) is 0 Å². The minimum absolute atomic E-state index is 0.335. The molecule has 2 rings (SSSR count). The zero-order valence-electron chi connectivity index (χ0n) is 9.28. The van der Waals surface area contributed by atoms with Crippen molar-refractivity contribution in [2.45, 2.75) is 19.4 Å². The van der Waals surface area contributed by atoms with Crippen LogP contribution in [0.2, 0.25) is 5.02 Å². The molecule has 0 amide bonds. The second-order valence-corrected chi connectivity index (χ2v) is 4.13. The molecule has 1 aromatic carbocycles. The zero-order valence-corrected chi connectivity index (χ0v) is 10.0. The average Bonchev–Trinajstić information content (AvgIpc) is 2.79. The van der Waals surface area contributed by atoms with E-state index in [0.29, 0.717) is 28.3 Å². The number of aliphatic hydroxyl groups excluding tert-OH is 1. The Hall–Kier alpha value is -1.32. The van der Waals surface area contributed by atoms with E-state index in [9.17, 15) is 9.50 Å². The highest BCUT2D eigenvalue weighted by atomic mass is 35.5. The molecule has 0 aliphatic carbocycles. The molecule has 1 heterocycles. The van der Waals surface area contributed by atoms with Crippen molar-refractivity contribution < 1.29 is 13.9 Å². The quantitative estimate of drug-likeness (QED) is 0.906. The first kappa shape index (κ1) is 12.1. The van der Waals surface area contributed by atoms with Gasteiger partial charge in [-0.1, -0.05) is 18.5 Å². The fraction of sp³-hybridized carbons (Fsp3) is 0.231. The molecule has 0 fully saturated rings. The molecule has 2 nitrogen and oxygen atoms in total. The molecule has 4 heteroatoms. The first-order valence-electron chi connectivity index (χ1n) is 5.32. The van der Waals surface area contributed by atoms with E-state index in [0.717, 1.165) is 0 Å². The van der Waals surface area contributed by atoms with Crippen LogP contribution in [0, 0.1) is 5.82 Å². The second kappa shape index (κ2) is 4.90. The molecular formula is C13H12ClFO2. The van der Waals surface area contributed by atoms with Crippen LogP contribution in [0.15, 0.2) is 34.9 Å². The number of hydrogen-bond donors (Lipinski definition) is 1. The van der Waals surface area contributed by atoms with Crippen LogP contribution >= 0.6 is 11.6 Å². The number of aliphatic hydroxyl groups is 1. The smallest absolute Gasteiger partial charge is 0.123 e. The molecule has 1 atom stereocenters. The van der Waals surface area contributed by atoms with Crippen molar-refractivity contribution in [3.8, 4) is 0 Å². The van der Waals surface area contributed by atoms with E-state index in [-0.39, 0.29) is 0 Å². The first-order chi connectivity index (χ1) is 8.13. The van der Waals surface area contributed by atoms with Crippen molar-refractivity contribution in [2.24, 2.45) is 0 Å². The van der Waals surface area contributed by atoms with E-state index in [1.165, 1.54) is 24.5 Å². The lowest BCUT2D eigenvalue weighted by Crippen LogP contribution is -2.02. The molecular weight excluding hydrogens is 243 g/mol. The molecule has 0 aliphatic heterocycles. The molecule has 1 unspecified atom stereocenters. The first-order valence-corrected chi connectivity index (χ1v) is 5.70. The van der Waals surface area contributed by atoms with E-state index >= 15 is 0 Å². The largest absolute Gasteiger partial charge is 0.469 e. The van der Waals surface area contributed by atoms with Gasteiger partial charge in [0.1, 0.15) is 17.7 Å². The lowest BCUT2D eigenvalue weighted by molar-refractivity contribution is 0.217. The summed E-state index contributed by atoms with van der Waals surface area (Å²) < 4.78 is 18.4. The van der Waals surface area contributed by atoms with Crippen molar-refractivity contribution in [3.63, 3.8) is 0 Å². The van der Waals surface area contributed by atoms with E-state index in [4.69, 9.17) is 16.0 Å². The maximum absolute atomic E-state index is 13.1. The standard InChI is InChI=1S/C13H12ClFO2/c1-2-12-9(5-6-17-12)13(16)10-7-8(15)3-4-11(10)14/h3-7,13,16H,2H2,1H3. The van der Waals surface area contributed by atoms with Crippen LogP contribution in [0.25, 0.3) is 0 Å². The minimum Gasteiger partial charge on any atom is -0.469 e. The Morgan fingerprint density at radius 3 is 2.82 bits per heavy atom. The van der Waals surface area contributed by atoms with Crippen molar-refractivity contribution in [1.29, 1.82) is 0 Å². The van der Waals surface area contributed by atoms with E-state index < -0.39 is 11.9 Å². The molecule has 17 heavy (non-hydrogen) atoms. The molecule has 0 spiro atoms. The molecule has 0 bridgehead atoms. The van der Waals surface area contributed by atoms with Crippen LogP contribution in [0.1, 0.15) is 29.9 Å². The second-order valence-electron chi connectivity index (χ2n) is 3.72. The maximum atomic E-state index is 13.1. The Labute approximate surface area is 104 Å². The van der Waals surface area contributed by atoms with Gasteiger partial charge < -0.3 is 9.52 Å². The van der Waals surface area contributed by atoms with E-state index in [1.54, 1.807) is 6.07 Å². The SMILES string of the molecule is CCc1occc1C(O)c1cc(F)ccc1Cl. The third-order valence-corrected chi connectivity index (χ3v) is 2.99. The van der Waals surface area contributed by atoms with Gasteiger partial charge in [-0.25, -0.2) is 4.39 Å². The Balaban J connectivity index is 2.43. The fourth-order valence-electron chi connectivity index (χ4n) is 1.77. The maximum Gasteiger partial charge on any atom is 0.123 e. The van der Waals surface area contributed by atoms with Crippen LogP contribution in [0.4, 0.5) is 4.39 Å². The van der Waals surface area contributed by atoms with Gasteiger partial charge in [-0.2, -0.15) is 0 Å². The lowest BCUT2D eigenvalue weighted by atomic mass is 10.0. The summed E-state index contributed by atoms with van der Waals surface area (Å²) >= 11 is 5.95. The van der Waals surface area contributed by atoms with Crippen LogP contribution < -0.4 is 0 Å². The van der Waals surface area contributed by atoms with Crippen molar-refractivity contribution >= 4 is 11.6 Å². The van der Waals surface area contributed by atoms with Gasteiger partial charge in [0.2, 0.25) is 0 Å². The van der Waals surface area contributed by atoms with Crippen molar-refractivity contribution in [2.75, 3.05) is 0 Å². The predicted molar refractivity (Wildman–Crippen MR) is 63.6 cm³/mol. The topological polar surface area (TPSA) is 33.4 Å². The molecule has 1 aromatic heterocycles. The van der Waals surface area contributed by atoms with Gasteiger partial charge in [0, 0.05) is 22.6 Å². The summed E-state index contributed by atoms with van der Waals surface area (Å²) in [5.41, 5.74) is 0.975. The summed E-state index contributed by atoms with van der Waals surface area (Å²) in [5.74, 6) is 0.253. The molecule has 2 aromatic rings.